The average molecular weight is 270 g/mol. The van der Waals surface area contributed by atoms with Crippen molar-refractivity contribution < 1.29 is 4.79 Å². The Morgan fingerprint density at radius 3 is 2.73 bits per heavy atom. The van der Waals surface area contributed by atoms with E-state index >= 15 is 0 Å². The third-order valence-electron chi connectivity index (χ3n) is 3.29. The third-order valence-corrected chi connectivity index (χ3v) is 3.91. The van der Waals surface area contributed by atoms with Gasteiger partial charge in [-0.1, -0.05) is 31.8 Å². The first kappa shape index (κ1) is 11.1. The molecule has 0 saturated heterocycles. The van der Waals surface area contributed by atoms with Crippen molar-refractivity contribution in [2.45, 2.75) is 37.6 Å². The largest absolute Gasteiger partial charge is 0.319 e. The van der Waals surface area contributed by atoms with Crippen LogP contribution < -0.4 is 5.73 Å². The smallest absolute Gasteiger partial charge is 0.192 e. The number of rotatable bonds is 2. The molecule has 2 nitrogen and oxygen atoms in total. The van der Waals surface area contributed by atoms with Gasteiger partial charge in [0.25, 0.3) is 0 Å². The van der Waals surface area contributed by atoms with Crippen LogP contribution in [-0.4, -0.2) is 11.3 Å². The molecule has 2 aliphatic carbocycles. The standard InChI is InChI=1S/C12H16BrNO/c13-10-8-12(14,6-5-11(10)15)7-9-3-1-2-4-9/h5-6,8-9H,1-4,7,14H2. The first-order valence-electron chi connectivity index (χ1n) is 5.50. The molecular weight excluding hydrogens is 254 g/mol. The lowest BCUT2D eigenvalue weighted by atomic mass is 9.84. The Kier molecular flexibility index (Phi) is 3.12. The molecule has 2 N–H and O–H groups in total. The normalized spacial score (nSPS) is 32.1. The zero-order valence-corrected chi connectivity index (χ0v) is 10.3. The number of nitrogens with two attached hydrogens (primary N) is 1. The van der Waals surface area contributed by atoms with Gasteiger partial charge in [0.1, 0.15) is 0 Å². The van der Waals surface area contributed by atoms with Crippen LogP contribution in [0.25, 0.3) is 0 Å². The van der Waals surface area contributed by atoms with Crippen molar-refractivity contribution in [2.75, 3.05) is 0 Å². The van der Waals surface area contributed by atoms with Crippen molar-refractivity contribution in [1.29, 1.82) is 0 Å². The lowest BCUT2D eigenvalue weighted by Gasteiger charge is -2.28. The number of carbonyl (C=O) groups is 1. The number of allylic oxidation sites excluding steroid dienone is 2. The number of carbonyl (C=O) groups excluding carboxylic acids is 1. The summed E-state index contributed by atoms with van der Waals surface area (Å²) in [7, 11) is 0. The van der Waals surface area contributed by atoms with E-state index in [9.17, 15) is 4.79 Å². The topological polar surface area (TPSA) is 43.1 Å². The van der Waals surface area contributed by atoms with Crippen LogP contribution in [-0.2, 0) is 4.79 Å². The molecule has 1 saturated carbocycles. The Labute approximate surface area is 98.7 Å². The van der Waals surface area contributed by atoms with Gasteiger partial charge in [-0.05, 0) is 40.4 Å². The minimum atomic E-state index is -0.415. The zero-order chi connectivity index (χ0) is 10.9. The molecule has 0 aliphatic heterocycles. The Morgan fingerprint density at radius 2 is 2.13 bits per heavy atom. The number of ketones is 1. The molecule has 1 fully saturated rings. The summed E-state index contributed by atoms with van der Waals surface area (Å²) >= 11 is 3.26. The van der Waals surface area contributed by atoms with Gasteiger partial charge < -0.3 is 5.73 Å². The van der Waals surface area contributed by atoms with Crippen LogP contribution in [0.15, 0.2) is 22.7 Å². The summed E-state index contributed by atoms with van der Waals surface area (Å²) in [6.07, 6.45) is 11.5. The molecule has 0 aromatic rings. The Balaban J connectivity index is 2.06. The van der Waals surface area contributed by atoms with E-state index in [1.54, 1.807) is 6.08 Å². The van der Waals surface area contributed by atoms with E-state index in [2.05, 4.69) is 15.9 Å². The van der Waals surface area contributed by atoms with Crippen LogP contribution in [0, 0.1) is 5.92 Å². The summed E-state index contributed by atoms with van der Waals surface area (Å²) in [6, 6.07) is 0. The molecule has 0 bridgehead atoms. The average Bonchev–Trinajstić information content (AvgIpc) is 2.64. The van der Waals surface area contributed by atoms with Crippen LogP contribution >= 0.6 is 15.9 Å². The van der Waals surface area contributed by atoms with Gasteiger partial charge in [-0.3, -0.25) is 4.79 Å². The summed E-state index contributed by atoms with van der Waals surface area (Å²) in [5, 5.41) is 0. The van der Waals surface area contributed by atoms with Crippen molar-refractivity contribution in [3.63, 3.8) is 0 Å². The minimum Gasteiger partial charge on any atom is -0.319 e. The van der Waals surface area contributed by atoms with Crippen LogP contribution in [0.5, 0.6) is 0 Å². The highest BCUT2D eigenvalue weighted by Crippen LogP contribution is 2.34. The van der Waals surface area contributed by atoms with Crippen LogP contribution in [0.1, 0.15) is 32.1 Å². The van der Waals surface area contributed by atoms with Gasteiger partial charge in [-0.2, -0.15) is 0 Å². The molecule has 0 heterocycles. The van der Waals surface area contributed by atoms with E-state index in [-0.39, 0.29) is 5.78 Å². The SMILES string of the molecule is NC1(CC2CCCC2)C=CC(=O)C(Br)=C1. The molecule has 0 aromatic heterocycles. The van der Waals surface area contributed by atoms with Crippen LogP contribution in [0.4, 0.5) is 0 Å². The highest BCUT2D eigenvalue weighted by atomic mass is 79.9. The molecule has 82 valence electrons. The molecule has 0 amide bonds. The van der Waals surface area contributed by atoms with E-state index in [0.29, 0.717) is 4.48 Å². The van der Waals surface area contributed by atoms with Crippen LogP contribution in [0.2, 0.25) is 0 Å². The molecule has 1 atom stereocenters. The fourth-order valence-electron chi connectivity index (χ4n) is 2.51. The van der Waals surface area contributed by atoms with E-state index in [4.69, 9.17) is 5.73 Å². The Bertz CT molecular complexity index is 329. The van der Waals surface area contributed by atoms with Gasteiger partial charge in [0.2, 0.25) is 0 Å². The van der Waals surface area contributed by atoms with E-state index in [0.717, 1.165) is 12.3 Å². The quantitative estimate of drug-likeness (QED) is 0.838. The fraction of sp³-hybridized carbons (Fsp3) is 0.583. The molecule has 2 aliphatic rings. The van der Waals surface area contributed by atoms with Crippen molar-refractivity contribution in [3.8, 4) is 0 Å². The molecule has 2 rings (SSSR count). The van der Waals surface area contributed by atoms with Gasteiger partial charge in [-0.25, -0.2) is 0 Å². The summed E-state index contributed by atoms with van der Waals surface area (Å²) in [5.41, 5.74) is 5.83. The summed E-state index contributed by atoms with van der Waals surface area (Å²) in [6.45, 7) is 0. The van der Waals surface area contributed by atoms with Crippen molar-refractivity contribution >= 4 is 21.7 Å². The second-order valence-electron chi connectivity index (χ2n) is 4.66. The maximum absolute atomic E-state index is 11.3. The second-order valence-corrected chi connectivity index (χ2v) is 5.51. The first-order valence-corrected chi connectivity index (χ1v) is 6.29. The van der Waals surface area contributed by atoms with Gasteiger partial charge in [0, 0.05) is 0 Å². The predicted octanol–water partition coefficient (Wildman–Crippen LogP) is 2.68. The Morgan fingerprint density at radius 1 is 1.47 bits per heavy atom. The summed E-state index contributed by atoms with van der Waals surface area (Å²) in [5.74, 6) is 0.742. The maximum atomic E-state index is 11.3. The summed E-state index contributed by atoms with van der Waals surface area (Å²) < 4.78 is 0.602. The lowest BCUT2D eigenvalue weighted by Crippen LogP contribution is -2.39. The number of hydrogen-bond donors (Lipinski definition) is 1. The second kappa shape index (κ2) is 4.22. The van der Waals surface area contributed by atoms with Gasteiger partial charge >= 0.3 is 0 Å². The van der Waals surface area contributed by atoms with E-state index < -0.39 is 5.54 Å². The molecule has 0 spiro atoms. The van der Waals surface area contributed by atoms with Gasteiger partial charge in [0.05, 0.1) is 10.0 Å². The van der Waals surface area contributed by atoms with Crippen molar-refractivity contribution in [3.05, 3.63) is 22.7 Å². The molecule has 3 heteroatoms. The first-order chi connectivity index (χ1) is 7.09. The van der Waals surface area contributed by atoms with Gasteiger partial charge in [-0.15, -0.1) is 0 Å². The van der Waals surface area contributed by atoms with E-state index in [1.165, 1.54) is 25.7 Å². The lowest BCUT2D eigenvalue weighted by molar-refractivity contribution is -0.110. The molecule has 1 unspecified atom stereocenters. The number of hydrogen-bond acceptors (Lipinski definition) is 2. The number of halogens is 1. The molecule has 15 heavy (non-hydrogen) atoms. The monoisotopic (exact) mass is 269 g/mol. The fourth-order valence-corrected chi connectivity index (χ4v) is 3.07. The Hall–Kier alpha value is -0.410. The summed E-state index contributed by atoms with van der Waals surface area (Å²) in [4.78, 5) is 11.3. The highest BCUT2D eigenvalue weighted by Gasteiger charge is 2.29. The predicted molar refractivity (Wildman–Crippen MR) is 64.7 cm³/mol. The molecule has 0 radical (unpaired) electrons. The van der Waals surface area contributed by atoms with Gasteiger partial charge in [0.15, 0.2) is 5.78 Å². The highest BCUT2D eigenvalue weighted by molar-refractivity contribution is 9.12. The zero-order valence-electron chi connectivity index (χ0n) is 8.71. The molecular formula is C12H16BrNO. The van der Waals surface area contributed by atoms with E-state index in [1.807, 2.05) is 12.2 Å². The van der Waals surface area contributed by atoms with Crippen molar-refractivity contribution in [2.24, 2.45) is 11.7 Å². The minimum absolute atomic E-state index is 0.0162. The van der Waals surface area contributed by atoms with Crippen LogP contribution in [0.3, 0.4) is 0 Å². The third kappa shape index (κ3) is 2.58. The van der Waals surface area contributed by atoms with Crippen molar-refractivity contribution in [1.82, 2.24) is 0 Å². The molecule has 0 aromatic carbocycles. The maximum Gasteiger partial charge on any atom is 0.192 e.